The summed E-state index contributed by atoms with van der Waals surface area (Å²) >= 11 is 0. The number of sulfonamides is 1. The van der Waals surface area contributed by atoms with Crippen LogP contribution in [0.4, 0.5) is 0 Å². The van der Waals surface area contributed by atoms with Crippen molar-refractivity contribution in [3.05, 3.63) is 54.6 Å². The Morgan fingerprint density at radius 2 is 1.56 bits per heavy atom. The normalized spacial score (nSPS) is 14.8. The largest absolute Gasteiger partial charge is 0.314 e. The summed E-state index contributed by atoms with van der Waals surface area (Å²) in [5, 5.41) is 3.32. The molecular formula is C19H27Cl2N3O2S. The summed E-state index contributed by atoms with van der Waals surface area (Å²) in [6.45, 7) is 5.46. The van der Waals surface area contributed by atoms with Gasteiger partial charge >= 0.3 is 0 Å². The molecule has 2 aromatic carbocycles. The Morgan fingerprint density at radius 1 is 0.926 bits per heavy atom. The molecule has 3 rings (SSSR count). The maximum Gasteiger partial charge on any atom is 0.241 e. The first kappa shape index (κ1) is 23.9. The van der Waals surface area contributed by atoms with Crippen LogP contribution in [0.2, 0.25) is 0 Å². The first-order valence-electron chi connectivity index (χ1n) is 8.74. The molecule has 0 bridgehead atoms. The summed E-state index contributed by atoms with van der Waals surface area (Å²) < 4.78 is 28.2. The average molecular weight is 432 g/mol. The van der Waals surface area contributed by atoms with Crippen molar-refractivity contribution in [3.63, 3.8) is 0 Å². The molecule has 1 aliphatic heterocycles. The van der Waals surface area contributed by atoms with E-state index >= 15 is 0 Å². The third kappa shape index (κ3) is 6.75. The molecule has 1 heterocycles. The fourth-order valence-corrected chi connectivity index (χ4v) is 4.38. The maximum atomic E-state index is 12.7. The van der Waals surface area contributed by atoms with Crippen molar-refractivity contribution in [3.8, 4) is 11.1 Å². The lowest BCUT2D eigenvalue weighted by molar-refractivity contribution is 0.239. The molecule has 27 heavy (non-hydrogen) atoms. The average Bonchev–Trinajstić information content (AvgIpc) is 2.67. The van der Waals surface area contributed by atoms with Crippen LogP contribution in [0.15, 0.2) is 59.5 Å². The zero-order chi connectivity index (χ0) is 17.5. The Labute approximate surface area is 174 Å². The monoisotopic (exact) mass is 431 g/mol. The third-order valence-electron chi connectivity index (χ3n) is 4.41. The molecular weight excluding hydrogens is 405 g/mol. The van der Waals surface area contributed by atoms with E-state index in [0.29, 0.717) is 11.4 Å². The molecule has 0 amide bonds. The summed E-state index contributed by atoms with van der Waals surface area (Å²) in [4.78, 5) is 2.70. The molecule has 150 valence electrons. The van der Waals surface area contributed by atoms with E-state index < -0.39 is 10.0 Å². The van der Waals surface area contributed by atoms with Crippen LogP contribution in [0.5, 0.6) is 0 Å². The predicted octanol–water partition coefficient (Wildman–Crippen LogP) is 2.77. The second kappa shape index (κ2) is 11.6. The molecule has 1 fully saturated rings. The minimum Gasteiger partial charge on any atom is -0.314 e. The molecule has 0 spiro atoms. The van der Waals surface area contributed by atoms with Gasteiger partial charge < -0.3 is 10.2 Å². The van der Waals surface area contributed by atoms with Gasteiger partial charge in [0.05, 0.1) is 4.90 Å². The van der Waals surface area contributed by atoms with E-state index in [1.54, 1.807) is 12.1 Å². The first-order valence-corrected chi connectivity index (χ1v) is 10.2. The Morgan fingerprint density at radius 3 is 2.26 bits per heavy atom. The number of nitrogens with one attached hydrogen (secondary N) is 2. The molecule has 0 unspecified atom stereocenters. The number of halogens is 2. The van der Waals surface area contributed by atoms with Gasteiger partial charge in [-0.3, -0.25) is 0 Å². The second-order valence-electron chi connectivity index (χ2n) is 6.21. The summed E-state index contributed by atoms with van der Waals surface area (Å²) in [7, 11) is -3.52. The zero-order valence-electron chi connectivity index (χ0n) is 15.1. The van der Waals surface area contributed by atoms with Gasteiger partial charge in [-0.15, -0.1) is 24.8 Å². The van der Waals surface area contributed by atoms with E-state index in [1.165, 1.54) is 0 Å². The van der Waals surface area contributed by atoms with Crippen LogP contribution >= 0.6 is 24.8 Å². The van der Waals surface area contributed by atoms with Crippen LogP contribution in [0.1, 0.15) is 6.42 Å². The van der Waals surface area contributed by atoms with Crippen molar-refractivity contribution >= 4 is 34.8 Å². The van der Waals surface area contributed by atoms with E-state index in [2.05, 4.69) is 14.9 Å². The van der Waals surface area contributed by atoms with Gasteiger partial charge in [0, 0.05) is 38.3 Å². The Balaban J connectivity index is 0.00000182. The van der Waals surface area contributed by atoms with Crippen molar-refractivity contribution < 1.29 is 8.42 Å². The highest BCUT2D eigenvalue weighted by Gasteiger charge is 2.18. The highest BCUT2D eigenvalue weighted by atomic mass is 35.5. The molecule has 0 aliphatic carbocycles. The molecule has 2 aromatic rings. The molecule has 0 atom stereocenters. The van der Waals surface area contributed by atoms with Gasteiger partial charge in [-0.05, 0) is 24.6 Å². The molecule has 8 heteroatoms. The predicted molar refractivity (Wildman–Crippen MR) is 115 cm³/mol. The SMILES string of the molecule is Cl.Cl.O=S(=O)(NCCCN1CCNCC1)c1ccccc1-c1ccccc1. The molecule has 0 radical (unpaired) electrons. The summed E-state index contributed by atoms with van der Waals surface area (Å²) in [5.74, 6) is 0. The Bertz CT molecular complexity index is 783. The number of nitrogens with zero attached hydrogens (tertiary/aromatic N) is 1. The lowest BCUT2D eigenvalue weighted by atomic mass is 10.1. The molecule has 5 nitrogen and oxygen atoms in total. The lowest BCUT2D eigenvalue weighted by Gasteiger charge is -2.27. The highest BCUT2D eigenvalue weighted by molar-refractivity contribution is 7.89. The maximum absolute atomic E-state index is 12.7. The van der Waals surface area contributed by atoms with E-state index in [1.807, 2.05) is 42.5 Å². The fourth-order valence-electron chi connectivity index (χ4n) is 3.08. The topological polar surface area (TPSA) is 61.4 Å². The van der Waals surface area contributed by atoms with E-state index in [9.17, 15) is 8.42 Å². The zero-order valence-corrected chi connectivity index (χ0v) is 17.6. The van der Waals surface area contributed by atoms with Gasteiger partial charge in [0.25, 0.3) is 0 Å². The van der Waals surface area contributed by atoms with Crippen LogP contribution in [0.3, 0.4) is 0 Å². The highest BCUT2D eigenvalue weighted by Crippen LogP contribution is 2.26. The fraction of sp³-hybridized carbons (Fsp3) is 0.368. The number of hydrogen-bond donors (Lipinski definition) is 2. The number of rotatable bonds is 7. The molecule has 1 saturated heterocycles. The van der Waals surface area contributed by atoms with Gasteiger partial charge in [-0.1, -0.05) is 48.5 Å². The number of piperazine rings is 1. The van der Waals surface area contributed by atoms with Crippen molar-refractivity contribution in [2.45, 2.75) is 11.3 Å². The van der Waals surface area contributed by atoms with Gasteiger partial charge in [-0.2, -0.15) is 0 Å². The Hall–Kier alpha value is -1.15. The van der Waals surface area contributed by atoms with E-state index in [-0.39, 0.29) is 24.8 Å². The molecule has 2 N–H and O–H groups in total. The van der Waals surface area contributed by atoms with Crippen LogP contribution in [-0.4, -0.2) is 52.6 Å². The summed E-state index contributed by atoms with van der Waals surface area (Å²) in [6, 6.07) is 16.8. The van der Waals surface area contributed by atoms with Crippen molar-refractivity contribution in [2.24, 2.45) is 0 Å². The van der Waals surface area contributed by atoms with Gasteiger partial charge in [-0.25, -0.2) is 13.1 Å². The van der Waals surface area contributed by atoms with Crippen molar-refractivity contribution in [2.75, 3.05) is 39.3 Å². The van der Waals surface area contributed by atoms with Crippen molar-refractivity contribution in [1.82, 2.24) is 14.9 Å². The smallest absolute Gasteiger partial charge is 0.241 e. The minimum atomic E-state index is -3.52. The second-order valence-corrected chi connectivity index (χ2v) is 7.94. The summed E-state index contributed by atoms with van der Waals surface area (Å²) in [6.07, 6.45) is 0.812. The third-order valence-corrected chi connectivity index (χ3v) is 5.93. The number of benzene rings is 2. The van der Waals surface area contributed by atoms with Crippen LogP contribution < -0.4 is 10.0 Å². The van der Waals surface area contributed by atoms with Gasteiger partial charge in [0.2, 0.25) is 10.0 Å². The first-order chi connectivity index (χ1) is 12.2. The van der Waals surface area contributed by atoms with Gasteiger partial charge in [0.1, 0.15) is 0 Å². The molecule has 1 aliphatic rings. The van der Waals surface area contributed by atoms with Crippen LogP contribution in [-0.2, 0) is 10.0 Å². The number of hydrogen-bond acceptors (Lipinski definition) is 4. The quantitative estimate of drug-likeness (QED) is 0.661. The van der Waals surface area contributed by atoms with E-state index in [0.717, 1.165) is 50.3 Å². The standard InChI is InChI=1S/C19H25N3O2S.2ClH/c23-25(24,21-11-6-14-22-15-12-20-13-16-22)19-10-5-4-9-18(19)17-7-2-1-3-8-17;;/h1-5,7-10,20-21H,6,11-16H2;2*1H. The summed E-state index contributed by atoms with van der Waals surface area (Å²) in [5.41, 5.74) is 1.64. The van der Waals surface area contributed by atoms with Crippen LogP contribution in [0, 0.1) is 0 Å². The van der Waals surface area contributed by atoms with Crippen LogP contribution in [0.25, 0.3) is 11.1 Å². The Kier molecular flexibility index (Phi) is 10.3. The van der Waals surface area contributed by atoms with Gasteiger partial charge in [0.15, 0.2) is 0 Å². The van der Waals surface area contributed by atoms with E-state index in [4.69, 9.17) is 0 Å². The minimum absolute atomic E-state index is 0. The molecule has 0 saturated carbocycles. The lowest BCUT2D eigenvalue weighted by Crippen LogP contribution is -2.44. The van der Waals surface area contributed by atoms with Crippen molar-refractivity contribution in [1.29, 1.82) is 0 Å². The molecule has 0 aromatic heterocycles.